The summed E-state index contributed by atoms with van der Waals surface area (Å²) in [5, 5.41) is 7.41. The number of hydrogen-bond acceptors (Lipinski definition) is 8. The average molecular weight is 596 g/mol. The number of anilines is 1. The van der Waals surface area contributed by atoms with E-state index in [1.54, 1.807) is 11.3 Å². The molecule has 0 bridgehead atoms. The first kappa shape index (κ1) is 29.2. The van der Waals surface area contributed by atoms with Crippen molar-refractivity contribution in [1.82, 2.24) is 29.7 Å². The van der Waals surface area contributed by atoms with Crippen molar-refractivity contribution in [3.05, 3.63) is 74.8 Å². The molecular weight excluding hydrogens is 572 g/mol. The highest BCUT2D eigenvalue weighted by atomic mass is 19.4. The smallest absolute Gasteiger partial charge is 0.378 e. The Labute approximate surface area is 232 Å². The lowest BCUT2D eigenvalue weighted by molar-refractivity contribution is -0.138. The van der Waals surface area contributed by atoms with Crippen LogP contribution < -0.4 is 16.4 Å². The number of rotatable bonds is 11. The van der Waals surface area contributed by atoms with Crippen LogP contribution in [-0.2, 0) is 17.5 Å². The Hall–Kier alpha value is -4.34. The second-order valence-electron chi connectivity index (χ2n) is 9.76. The lowest BCUT2D eigenvalue weighted by Gasteiger charge is -2.22. The normalized spacial score (nSPS) is 14.5. The van der Waals surface area contributed by atoms with Crippen LogP contribution in [0.15, 0.2) is 46.6 Å². The third-order valence-corrected chi connectivity index (χ3v) is 6.73. The SMILES string of the molecule is O=c1[nH]ncc(NC(CCCn2cnc3cc(-c4cnc(C5CC5)cn4)c(F)cc3c2=O)COC(F)F)c1C(F)(F)F. The van der Waals surface area contributed by atoms with Crippen molar-refractivity contribution in [3.63, 3.8) is 0 Å². The third-order valence-electron chi connectivity index (χ3n) is 6.73. The van der Waals surface area contributed by atoms with Gasteiger partial charge in [0, 0.05) is 30.3 Å². The molecule has 42 heavy (non-hydrogen) atoms. The lowest BCUT2D eigenvalue weighted by Crippen LogP contribution is -2.32. The van der Waals surface area contributed by atoms with Gasteiger partial charge in [0.15, 0.2) is 0 Å². The maximum atomic E-state index is 15.0. The summed E-state index contributed by atoms with van der Waals surface area (Å²) in [5.74, 6) is -0.318. The molecule has 1 aliphatic rings. The van der Waals surface area contributed by atoms with Gasteiger partial charge in [-0.1, -0.05) is 0 Å². The van der Waals surface area contributed by atoms with Gasteiger partial charge in [0.1, 0.15) is 11.4 Å². The van der Waals surface area contributed by atoms with E-state index < -0.39 is 53.6 Å². The maximum absolute atomic E-state index is 15.0. The van der Waals surface area contributed by atoms with Crippen molar-refractivity contribution in [1.29, 1.82) is 0 Å². The zero-order chi connectivity index (χ0) is 30.0. The van der Waals surface area contributed by atoms with Crippen molar-refractivity contribution in [2.24, 2.45) is 0 Å². The Morgan fingerprint density at radius 1 is 1.10 bits per heavy atom. The van der Waals surface area contributed by atoms with Crippen LogP contribution in [0.4, 0.5) is 32.0 Å². The van der Waals surface area contributed by atoms with Gasteiger partial charge in [-0.05, 0) is 37.8 Å². The van der Waals surface area contributed by atoms with E-state index in [9.17, 15) is 31.5 Å². The van der Waals surface area contributed by atoms with Crippen LogP contribution in [0.2, 0.25) is 0 Å². The molecular formula is C26H23F6N7O3. The quantitative estimate of drug-likeness (QED) is 0.243. The van der Waals surface area contributed by atoms with Gasteiger partial charge in [0.25, 0.3) is 11.1 Å². The molecule has 0 saturated heterocycles. The Morgan fingerprint density at radius 2 is 1.88 bits per heavy atom. The van der Waals surface area contributed by atoms with E-state index in [-0.39, 0.29) is 35.9 Å². The van der Waals surface area contributed by atoms with Crippen LogP contribution in [0, 0.1) is 5.82 Å². The van der Waals surface area contributed by atoms with Gasteiger partial charge in [0.2, 0.25) is 0 Å². The minimum atomic E-state index is -5.04. The molecule has 222 valence electrons. The number of halogens is 6. The summed E-state index contributed by atoms with van der Waals surface area (Å²) in [5.41, 5.74) is -2.89. The summed E-state index contributed by atoms with van der Waals surface area (Å²) < 4.78 is 86.0. The van der Waals surface area contributed by atoms with Crippen LogP contribution >= 0.6 is 0 Å². The fourth-order valence-corrected chi connectivity index (χ4v) is 4.50. The predicted molar refractivity (Wildman–Crippen MR) is 137 cm³/mol. The molecule has 3 heterocycles. The second kappa shape index (κ2) is 11.9. The van der Waals surface area contributed by atoms with Crippen molar-refractivity contribution >= 4 is 16.6 Å². The third kappa shape index (κ3) is 6.58. The molecule has 1 unspecified atom stereocenters. The summed E-state index contributed by atoms with van der Waals surface area (Å²) in [7, 11) is 0. The van der Waals surface area contributed by atoms with E-state index in [0.717, 1.165) is 24.6 Å². The van der Waals surface area contributed by atoms with Crippen LogP contribution in [0.5, 0.6) is 0 Å². The molecule has 5 rings (SSSR count). The molecule has 1 aliphatic carbocycles. The van der Waals surface area contributed by atoms with Gasteiger partial charge < -0.3 is 10.1 Å². The topological polar surface area (TPSA) is 128 Å². The lowest BCUT2D eigenvalue weighted by atomic mass is 10.1. The zero-order valence-electron chi connectivity index (χ0n) is 21.7. The Kier molecular flexibility index (Phi) is 8.24. The minimum absolute atomic E-state index is 0.0126. The molecule has 0 radical (unpaired) electrons. The van der Waals surface area contributed by atoms with Gasteiger partial charge in [-0.15, -0.1) is 0 Å². The molecule has 10 nitrogen and oxygen atoms in total. The maximum Gasteiger partial charge on any atom is 0.423 e. The molecule has 1 aromatic carbocycles. The number of hydrogen-bond donors (Lipinski definition) is 2. The monoisotopic (exact) mass is 595 g/mol. The predicted octanol–water partition coefficient (Wildman–Crippen LogP) is 4.47. The van der Waals surface area contributed by atoms with Crippen LogP contribution in [0.25, 0.3) is 22.2 Å². The van der Waals surface area contributed by atoms with E-state index in [2.05, 4.69) is 30.1 Å². The van der Waals surface area contributed by atoms with Crippen molar-refractivity contribution in [2.75, 3.05) is 11.9 Å². The summed E-state index contributed by atoms with van der Waals surface area (Å²) in [6.07, 6.45) is 2.11. The highest BCUT2D eigenvalue weighted by Gasteiger charge is 2.37. The number of H-pyrrole nitrogens is 1. The highest BCUT2D eigenvalue weighted by molar-refractivity contribution is 5.83. The van der Waals surface area contributed by atoms with Crippen molar-refractivity contribution in [2.45, 2.75) is 57.0 Å². The number of benzene rings is 1. The number of aromatic nitrogens is 6. The standard InChI is InChI=1S/C26H23F6N7O3/c27-17-6-16-18(7-15(17)20-9-33-19(8-34-20)13-3-4-13)35-12-39(24(16)41)5-1-2-14(11-42-25(28)29)37-21-10-36-38-23(40)22(21)26(30,31)32/h6-10,12-14,25H,1-5,11H2,(H2,37,38,40). The van der Waals surface area contributed by atoms with E-state index in [4.69, 9.17) is 0 Å². The number of aromatic amines is 1. The number of nitrogens with one attached hydrogen (secondary N) is 2. The van der Waals surface area contributed by atoms with E-state index in [0.29, 0.717) is 17.8 Å². The molecule has 1 atom stereocenters. The van der Waals surface area contributed by atoms with Gasteiger partial charge in [-0.25, -0.2) is 14.5 Å². The van der Waals surface area contributed by atoms with E-state index >= 15 is 4.39 Å². The molecule has 0 spiro atoms. The average Bonchev–Trinajstić information content (AvgIpc) is 3.78. The molecule has 3 aromatic heterocycles. The molecule has 4 aromatic rings. The Balaban J connectivity index is 1.31. The largest absolute Gasteiger partial charge is 0.423 e. The van der Waals surface area contributed by atoms with E-state index in [1.807, 2.05) is 0 Å². The molecule has 2 N–H and O–H groups in total. The zero-order valence-corrected chi connectivity index (χ0v) is 21.7. The molecule has 0 aliphatic heterocycles. The van der Waals surface area contributed by atoms with Crippen molar-refractivity contribution < 1.29 is 31.1 Å². The Morgan fingerprint density at radius 3 is 2.55 bits per heavy atom. The van der Waals surface area contributed by atoms with Crippen LogP contribution in [0.3, 0.4) is 0 Å². The van der Waals surface area contributed by atoms with Gasteiger partial charge in [-0.2, -0.15) is 27.1 Å². The molecule has 1 saturated carbocycles. The van der Waals surface area contributed by atoms with Gasteiger partial charge in [0.05, 0.1) is 53.3 Å². The number of fused-ring (bicyclic) bond motifs is 1. The molecule has 16 heteroatoms. The second-order valence-corrected chi connectivity index (χ2v) is 9.76. The number of nitrogens with zero attached hydrogens (tertiary/aromatic N) is 5. The number of ether oxygens (including phenoxy) is 1. The van der Waals surface area contributed by atoms with Gasteiger partial charge in [-0.3, -0.25) is 24.1 Å². The Bertz CT molecular complexity index is 1690. The fraction of sp³-hybridized carbons (Fsp3) is 0.385. The van der Waals surface area contributed by atoms with Crippen molar-refractivity contribution in [3.8, 4) is 11.3 Å². The summed E-state index contributed by atoms with van der Waals surface area (Å²) in [6.45, 7) is -3.92. The molecule has 1 fully saturated rings. The van der Waals surface area contributed by atoms with Crippen LogP contribution in [0.1, 0.15) is 42.9 Å². The van der Waals surface area contributed by atoms with Gasteiger partial charge >= 0.3 is 12.8 Å². The minimum Gasteiger partial charge on any atom is -0.378 e. The number of aryl methyl sites for hydroxylation is 1. The summed E-state index contributed by atoms with van der Waals surface area (Å²) >= 11 is 0. The summed E-state index contributed by atoms with van der Waals surface area (Å²) in [4.78, 5) is 37.7. The molecule has 0 amide bonds. The fourth-order valence-electron chi connectivity index (χ4n) is 4.50. The first-order chi connectivity index (χ1) is 20.0. The first-order valence-electron chi connectivity index (χ1n) is 12.8. The highest BCUT2D eigenvalue weighted by Crippen LogP contribution is 2.39. The van der Waals surface area contributed by atoms with Crippen LogP contribution in [-0.4, -0.2) is 49.0 Å². The number of alkyl halides is 5. The first-order valence-corrected chi connectivity index (χ1v) is 12.8. The summed E-state index contributed by atoms with van der Waals surface area (Å²) in [6, 6.07) is 1.33. The van der Waals surface area contributed by atoms with E-state index in [1.165, 1.54) is 23.2 Å².